The lowest BCUT2D eigenvalue weighted by Gasteiger charge is -2.45. The average Bonchev–Trinajstić information content (AvgIpc) is 3.13. The Morgan fingerprint density at radius 2 is 0.783 bits per heavy atom. The summed E-state index contributed by atoms with van der Waals surface area (Å²) in [5.41, 5.74) is 9.47. The van der Waals surface area contributed by atoms with Crippen LogP contribution in [0.4, 0.5) is 17.1 Å². The molecule has 0 unspecified atom stereocenters. The molecule has 0 N–H and O–H groups in total. The summed E-state index contributed by atoms with van der Waals surface area (Å²) in [6.07, 6.45) is 0. The quantitative estimate of drug-likeness (QED) is 0.199. The standard InChI is InChI=1S/C43H29NO2/c1-3-12-30(13-4-1)31-22-26-34(27-23-31)44(33-14-5-2-6-15-33)35-28-24-32(25-29-35)43-36-16-7-9-18-38(36)45-40-20-11-21-41(42(40)43)46-39-19-10-8-17-37(39)43/h1-29H. The van der Waals surface area contributed by atoms with Gasteiger partial charge in [0, 0.05) is 28.2 Å². The molecule has 7 aromatic carbocycles. The molecule has 0 atom stereocenters. The summed E-state index contributed by atoms with van der Waals surface area (Å²) in [4.78, 5) is 2.31. The molecule has 0 fully saturated rings. The van der Waals surface area contributed by atoms with Gasteiger partial charge in [-0.2, -0.15) is 0 Å². The van der Waals surface area contributed by atoms with Crippen LogP contribution in [0.1, 0.15) is 22.3 Å². The summed E-state index contributed by atoms with van der Waals surface area (Å²) in [5, 5.41) is 0. The molecule has 0 spiro atoms. The first-order chi connectivity index (χ1) is 22.8. The molecule has 2 aliphatic rings. The van der Waals surface area contributed by atoms with Crippen molar-refractivity contribution in [3.8, 4) is 34.1 Å². The fourth-order valence-corrected chi connectivity index (χ4v) is 7.21. The number of rotatable bonds is 5. The van der Waals surface area contributed by atoms with Crippen molar-refractivity contribution < 1.29 is 9.47 Å². The Kier molecular flexibility index (Phi) is 6.04. The minimum absolute atomic E-state index is 0.608. The van der Waals surface area contributed by atoms with Gasteiger partial charge in [-0.15, -0.1) is 0 Å². The van der Waals surface area contributed by atoms with E-state index in [0.29, 0.717) is 0 Å². The van der Waals surface area contributed by atoms with Crippen LogP contribution >= 0.6 is 0 Å². The van der Waals surface area contributed by atoms with E-state index in [1.165, 1.54) is 11.1 Å². The van der Waals surface area contributed by atoms with E-state index in [2.05, 4.69) is 150 Å². The van der Waals surface area contributed by atoms with Gasteiger partial charge in [0.05, 0.1) is 11.0 Å². The van der Waals surface area contributed by atoms with Crippen molar-refractivity contribution in [3.05, 3.63) is 198 Å². The Bertz CT molecular complexity index is 2120. The topological polar surface area (TPSA) is 21.7 Å². The lowest BCUT2D eigenvalue weighted by atomic mass is 9.62. The molecule has 9 rings (SSSR count). The molecule has 0 amide bonds. The summed E-state index contributed by atoms with van der Waals surface area (Å²) >= 11 is 0. The summed E-state index contributed by atoms with van der Waals surface area (Å²) in [5.74, 6) is 3.35. The van der Waals surface area contributed by atoms with Crippen molar-refractivity contribution >= 4 is 17.1 Å². The van der Waals surface area contributed by atoms with E-state index in [9.17, 15) is 0 Å². The maximum absolute atomic E-state index is 6.52. The Morgan fingerprint density at radius 1 is 0.348 bits per heavy atom. The molecular formula is C43H29NO2. The molecule has 0 aromatic heterocycles. The second-order valence-corrected chi connectivity index (χ2v) is 11.7. The van der Waals surface area contributed by atoms with E-state index in [-0.39, 0.29) is 0 Å². The third kappa shape index (κ3) is 3.99. The number of benzene rings is 7. The molecule has 2 aliphatic heterocycles. The smallest absolute Gasteiger partial charge is 0.135 e. The van der Waals surface area contributed by atoms with Gasteiger partial charge in [0.25, 0.3) is 0 Å². The second-order valence-electron chi connectivity index (χ2n) is 11.7. The predicted molar refractivity (Wildman–Crippen MR) is 185 cm³/mol. The third-order valence-corrected chi connectivity index (χ3v) is 9.19. The molecular weight excluding hydrogens is 562 g/mol. The summed E-state index contributed by atoms with van der Waals surface area (Å²) in [7, 11) is 0. The monoisotopic (exact) mass is 591 g/mol. The first-order valence-electron chi connectivity index (χ1n) is 15.6. The van der Waals surface area contributed by atoms with Gasteiger partial charge in [0.1, 0.15) is 23.0 Å². The Balaban J connectivity index is 1.22. The Labute approximate surface area is 268 Å². The lowest BCUT2D eigenvalue weighted by molar-refractivity contribution is 0.385. The fraction of sp³-hybridized carbons (Fsp3) is 0.0233. The van der Waals surface area contributed by atoms with Crippen LogP contribution in [0.15, 0.2) is 176 Å². The molecule has 3 nitrogen and oxygen atoms in total. The number of ether oxygens (including phenoxy) is 2. The minimum atomic E-state index is -0.608. The van der Waals surface area contributed by atoms with Gasteiger partial charge in [0.2, 0.25) is 0 Å². The molecule has 0 saturated carbocycles. The summed E-state index contributed by atoms with van der Waals surface area (Å²) < 4.78 is 13.0. The molecule has 218 valence electrons. The van der Waals surface area contributed by atoms with Crippen LogP contribution in [-0.4, -0.2) is 0 Å². The van der Waals surface area contributed by atoms with E-state index < -0.39 is 5.41 Å². The van der Waals surface area contributed by atoms with Crippen LogP contribution in [0.3, 0.4) is 0 Å². The van der Waals surface area contributed by atoms with Crippen molar-refractivity contribution in [2.75, 3.05) is 4.90 Å². The lowest BCUT2D eigenvalue weighted by Crippen LogP contribution is -2.37. The summed E-state index contributed by atoms with van der Waals surface area (Å²) in [6.45, 7) is 0. The number of anilines is 3. The van der Waals surface area contributed by atoms with E-state index in [1.807, 2.05) is 30.3 Å². The number of nitrogens with zero attached hydrogens (tertiary/aromatic N) is 1. The second kappa shape index (κ2) is 10.5. The van der Waals surface area contributed by atoms with Gasteiger partial charge in [-0.25, -0.2) is 0 Å². The molecule has 2 heterocycles. The van der Waals surface area contributed by atoms with Crippen LogP contribution in [0.25, 0.3) is 11.1 Å². The SMILES string of the molecule is c1ccc(-c2ccc(N(c3ccccc3)c3ccc(C45c6ccccc6Oc6cccc(c64)Oc4ccccc45)cc3)cc2)cc1. The Hall–Kier alpha value is -6.06. The zero-order chi connectivity index (χ0) is 30.5. The minimum Gasteiger partial charge on any atom is -0.457 e. The zero-order valence-electron chi connectivity index (χ0n) is 25.0. The first kappa shape index (κ1) is 26.4. The van der Waals surface area contributed by atoms with E-state index in [1.54, 1.807) is 0 Å². The van der Waals surface area contributed by atoms with E-state index >= 15 is 0 Å². The van der Waals surface area contributed by atoms with Gasteiger partial charge in [-0.1, -0.05) is 115 Å². The highest BCUT2D eigenvalue weighted by Crippen LogP contribution is 2.62. The third-order valence-electron chi connectivity index (χ3n) is 9.19. The molecule has 0 radical (unpaired) electrons. The molecule has 46 heavy (non-hydrogen) atoms. The highest BCUT2D eigenvalue weighted by atomic mass is 16.5. The van der Waals surface area contributed by atoms with Crippen LogP contribution < -0.4 is 14.4 Å². The van der Waals surface area contributed by atoms with Crippen LogP contribution in [0.5, 0.6) is 23.0 Å². The zero-order valence-corrected chi connectivity index (χ0v) is 25.0. The number of hydrogen-bond acceptors (Lipinski definition) is 3. The van der Waals surface area contributed by atoms with Crippen molar-refractivity contribution in [1.29, 1.82) is 0 Å². The molecule has 0 saturated heterocycles. The fourth-order valence-electron chi connectivity index (χ4n) is 7.21. The van der Waals surface area contributed by atoms with Gasteiger partial charge < -0.3 is 14.4 Å². The van der Waals surface area contributed by atoms with E-state index in [0.717, 1.165) is 62.3 Å². The number of para-hydroxylation sites is 3. The molecule has 0 bridgehead atoms. The van der Waals surface area contributed by atoms with Crippen LogP contribution in [0.2, 0.25) is 0 Å². The Morgan fingerprint density at radius 3 is 1.37 bits per heavy atom. The number of hydrogen-bond donors (Lipinski definition) is 0. The van der Waals surface area contributed by atoms with Gasteiger partial charge in [0.15, 0.2) is 0 Å². The van der Waals surface area contributed by atoms with Crippen molar-refractivity contribution in [1.82, 2.24) is 0 Å². The normalized spacial score (nSPS) is 13.3. The average molecular weight is 592 g/mol. The maximum Gasteiger partial charge on any atom is 0.135 e. The van der Waals surface area contributed by atoms with Crippen molar-refractivity contribution in [3.63, 3.8) is 0 Å². The predicted octanol–water partition coefficient (Wildman–Crippen LogP) is 11.4. The van der Waals surface area contributed by atoms with Gasteiger partial charge >= 0.3 is 0 Å². The molecule has 0 aliphatic carbocycles. The van der Waals surface area contributed by atoms with E-state index in [4.69, 9.17) is 9.47 Å². The largest absolute Gasteiger partial charge is 0.457 e. The van der Waals surface area contributed by atoms with Gasteiger partial charge in [-0.05, 0) is 77.4 Å². The van der Waals surface area contributed by atoms with Crippen molar-refractivity contribution in [2.24, 2.45) is 0 Å². The highest BCUT2D eigenvalue weighted by molar-refractivity contribution is 5.80. The highest BCUT2D eigenvalue weighted by Gasteiger charge is 2.51. The first-order valence-corrected chi connectivity index (χ1v) is 15.6. The molecule has 7 aromatic rings. The number of fused-ring (bicyclic) bond motifs is 4. The van der Waals surface area contributed by atoms with Crippen molar-refractivity contribution in [2.45, 2.75) is 5.41 Å². The summed E-state index contributed by atoms with van der Waals surface area (Å²) in [6, 6.07) is 61.8. The van der Waals surface area contributed by atoms with Crippen LogP contribution in [0, 0.1) is 0 Å². The van der Waals surface area contributed by atoms with Gasteiger partial charge in [-0.3, -0.25) is 0 Å². The molecule has 3 heteroatoms. The maximum atomic E-state index is 6.52. The van der Waals surface area contributed by atoms with Crippen LogP contribution in [-0.2, 0) is 5.41 Å².